The molecule has 8 nitrogen and oxygen atoms in total. The van der Waals surface area contributed by atoms with Gasteiger partial charge in [0.05, 0.1) is 11.6 Å². The number of ether oxygens (including phenoxy) is 1. The van der Waals surface area contributed by atoms with Gasteiger partial charge in [0, 0.05) is 44.1 Å². The average molecular weight is 525 g/mol. The highest BCUT2D eigenvalue weighted by Gasteiger charge is 2.41. The van der Waals surface area contributed by atoms with E-state index in [4.69, 9.17) is 4.74 Å². The summed E-state index contributed by atoms with van der Waals surface area (Å²) < 4.78 is 7.86. The Balaban J connectivity index is 1.75. The minimum absolute atomic E-state index is 0.00420. The SMILES string of the molecule is CCC(=O)[C@@H]1[C@H]2CCN1C(=O)Cn1nc(C(C)=O)c3cc(NCC(C)C)cc(c31)CCCCCCCCO2. The average Bonchev–Trinajstić information content (AvgIpc) is 3.47. The number of benzene rings is 1. The maximum Gasteiger partial charge on any atom is 0.245 e. The Hall–Kier alpha value is -2.74. The van der Waals surface area contributed by atoms with Crippen molar-refractivity contribution in [2.24, 2.45) is 5.92 Å². The first-order valence-corrected chi connectivity index (χ1v) is 14.5. The summed E-state index contributed by atoms with van der Waals surface area (Å²) >= 11 is 0. The number of rotatable bonds is 6. The normalized spacial score (nSPS) is 21.6. The van der Waals surface area contributed by atoms with Crippen LogP contribution >= 0.6 is 0 Å². The number of amides is 1. The van der Waals surface area contributed by atoms with Gasteiger partial charge in [0.1, 0.15) is 18.3 Å². The summed E-state index contributed by atoms with van der Waals surface area (Å²) in [6, 6.07) is 3.61. The second-order valence-electron chi connectivity index (χ2n) is 11.3. The summed E-state index contributed by atoms with van der Waals surface area (Å²) in [5.74, 6) is 0.246. The third-order valence-corrected chi connectivity index (χ3v) is 7.77. The predicted molar refractivity (Wildman–Crippen MR) is 150 cm³/mol. The van der Waals surface area contributed by atoms with Crippen molar-refractivity contribution < 1.29 is 19.1 Å². The standard InChI is InChI=1S/C30H44N4O4/c1-5-25(36)30-26-13-14-33(30)27(37)19-34-29-22(12-10-8-6-7-9-11-15-38-26)16-23(31-18-20(2)3)17-24(29)28(32-34)21(4)35/h16-17,20,26,30-31H,5-15,18-19H2,1-4H3/t26-,30-/m1/s1. The zero-order valence-corrected chi connectivity index (χ0v) is 23.6. The van der Waals surface area contributed by atoms with Crippen molar-refractivity contribution in [3.63, 3.8) is 0 Å². The van der Waals surface area contributed by atoms with Crippen molar-refractivity contribution in [1.29, 1.82) is 0 Å². The number of aromatic nitrogens is 2. The fourth-order valence-electron chi connectivity index (χ4n) is 5.78. The van der Waals surface area contributed by atoms with Gasteiger partial charge in [0.2, 0.25) is 5.91 Å². The van der Waals surface area contributed by atoms with Gasteiger partial charge in [0.25, 0.3) is 0 Å². The highest BCUT2D eigenvalue weighted by Crippen LogP contribution is 2.30. The van der Waals surface area contributed by atoms with Crippen molar-refractivity contribution >= 4 is 34.1 Å². The van der Waals surface area contributed by atoms with E-state index in [0.29, 0.717) is 37.6 Å². The van der Waals surface area contributed by atoms with Gasteiger partial charge in [-0.05, 0) is 49.3 Å². The molecule has 0 spiro atoms. The topological polar surface area (TPSA) is 93.5 Å². The lowest BCUT2D eigenvalue weighted by atomic mass is 10.0. The Morgan fingerprint density at radius 2 is 1.87 bits per heavy atom. The van der Waals surface area contributed by atoms with Gasteiger partial charge in [-0.1, -0.05) is 46.5 Å². The van der Waals surface area contributed by atoms with Gasteiger partial charge < -0.3 is 15.0 Å². The Morgan fingerprint density at radius 1 is 1.13 bits per heavy atom. The molecule has 0 aliphatic carbocycles. The Labute approximate surface area is 226 Å². The third kappa shape index (κ3) is 6.45. The van der Waals surface area contributed by atoms with Gasteiger partial charge in [0.15, 0.2) is 11.6 Å². The van der Waals surface area contributed by atoms with E-state index >= 15 is 0 Å². The van der Waals surface area contributed by atoms with Crippen LogP contribution in [0.2, 0.25) is 0 Å². The van der Waals surface area contributed by atoms with E-state index in [-0.39, 0.29) is 30.1 Å². The maximum absolute atomic E-state index is 13.7. The molecule has 2 aliphatic rings. The van der Waals surface area contributed by atoms with Crippen LogP contribution in [0.5, 0.6) is 0 Å². The van der Waals surface area contributed by atoms with Gasteiger partial charge in [-0.2, -0.15) is 5.10 Å². The first-order chi connectivity index (χ1) is 18.3. The van der Waals surface area contributed by atoms with Crippen LogP contribution in [0.15, 0.2) is 12.1 Å². The van der Waals surface area contributed by atoms with Gasteiger partial charge >= 0.3 is 0 Å². The molecule has 1 amide bonds. The van der Waals surface area contributed by atoms with Crippen LogP contribution in [-0.2, 0) is 27.3 Å². The number of carbonyl (C=O) groups is 3. The molecule has 208 valence electrons. The van der Waals surface area contributed by atoms with E-state index in [1.807, 2.05) is 13.0 Å². The number of ketones is 2. The first-order valence-electron chi connectivity index (χ1n) is 14.5. The maximum atomic E-state index is 13.7. The van der Waals surface area contributed by atoms with Crippen molar-refractivity contribution in [1.82, 2.24) is 14.7 Å². The molecule has 8 heteroatoms. The lowest BCUT2D eigenvalue weighted by Gasteiger charge is -2.27. The molecule has 0 unspecified atom stereocenters. The molecule has 0 radical (unpaired) electrons. The molecule has 1 fully saturated rings. The van der Waals surface area contributed by atoms with Crippen molar-refractivity contribution in [3.05, 3.63) is 23.4 Å². The van der Waals surface area contributed by atoms with E-state index < -0.39 is 6.04 Å². The Morgan fingerprint density at radius 3 is 2.58 bits per heavy atom. The van der Waals surface area contributed by atoms with Crippen LogP contribution in [0.4, 0.5) is 5.69 Å². The third-order valence-electron chi connectivity index (χ3n) is 7.77. The number of anilines is 1. The number of aryl methyl sites for hydroxylation is 1. The number of hydrogen-bond donors (Lipinski definition) is 1. The zero-order valence-electron chi connectivity index (χ0n) is 23.6. The van der Waals surface area contributed by atoms with Crippen LogP contribution in [0.25, 0.3) is 10.9 Å². The van der Waals surface area contributed by atoms with Gasteiger partial charge in [-0.25, -0.2) is 0 Å². The van der Waals surface area contributed by atoms with Crippen LogP contribution < -0.4 is 5.32 Å². The van der Waals surface area contributed by atoms with E-state index in [9.17, 15) is 14.4 Å². The minimum atomic E-state index is -0.552. The van der Waals surface area contributed by atoms with Crippen LogP contribution in [0, 0.1) is 5.92 Å². The molecular formula is C30H44N4O4. The smallest absolute Gasteiger partial charge is 0.245 e. The summed E-state index contributed by atoms with van der Waals surface area (Å²) in [5, 5.41) is 8.98. The summed E-state index contributed by atoms with van der Waals surface area (Å²) in [6.07, 6.45) is 8.20. The number of nitrogens with one attached hydrogen (secondary N) is 1. The van der Waals surface area contributed by atoms with E-state index in [1.165, 1.54) is 13.3 Å². The number of Topliss-reactive ketones (excluding diaryl/α,β-unsaturated/α-hetero) is 2. The lowest BCUT2D eigenvalue weighted by Crippen LogP contribution is -2.47. The second-order valence-corrected chi connectivity index (χ2v) is 11.3. The molecule has 1 saturated heterocycles. The molecule has 2 atom stereocenters. The number of nitrogens with zero attached hydrogens (tertiary/aromatic N) is 3. The van der Waals surface area contributed by atoms with Crippen LogP contribution in [0.3, 0.4) is 0 Å². The molecule has 2 bridgehead atoms. The molecule has 3 heterocycles. The van der Waals surface area contributed by atoms with Crippen molar-refractivity contribution in [2.45, 2.75) is 104 Å². The molecule has 2 aliphatic heterocycles. The fourth-order valence-corrected chi connectivity index (χ4v) is 5.78. The number of carbonyl (C=O) groups excluding carboxylic acids is 3. The molecular weight excluding hydrogens is 480 g/mol. The van der Waals surface area contributed by atoms with E-state index in [1.54, 1.807) is 9.58 Å². The number of hydrogen-bond acceptors (Lipinski definition) is 6. The first kappa shape index (κ1) is 28.3. The van der Waals surface area contributed by atoms with Crippen LogP contribution in [-0.4, -0.2) is 64.0 Å². The highest BCUT2D eigenvalue weighted by molar-refractivity contribution is 6.06. The predicted octanol–water partition coefficient (Wildman–Crippen LogP) is 5.17. The summed E-state index contributed by atoms with van der Waals surface area (Å²) in [5.41, 5.74) is 3.33. The zero-order chi connectivity index (χ0) is 27.2. The molecule has 1 aromatic heterocycles. The largest absolute Gasteiger partial charge is 0.385 e. The summed E-state index contributed by atoms with van der Waals surface area (Å²) in [6.45, 7) is 9.64. The van der Waals surface area contributed by atoms with E-state index in [0.717, 1.165) is 67.2 Å². The summed E-state index contributed by atoms with van der Waals surface area (Å²) in [7, 11) is 0. The van der Waals surface area contributed by atoms with Gasteiger partial charge in [-0.3, -0.25) is 19.1 Å². The molecule has 4 rings (SSSR count). The van der Waals surface area contributed by atoms with E-state index in [2.05, 4.69) is 30.3 Å². The fraction of sp³-hybridized carbons (Fsp3) is 0.667. The highest BCUT2D eigenvalue weighted by atomic mass is 16.5. The van der Waals surface area contributed by atoms with Gasteiger partial charge in [-0.15, -0.1) is 0 Å². The molecule has 0 saturated carbocycles. The Kier molecular flexibility index (Phi) is 9.58. The minimum Gasteiger partial charge on any atom is -0.385 e. The lowest BCUT2D eigenvalue weighted by molar-refractivity contribution is -0.141. The molecule has 1 aromatic carbocycles. The summed E-state index contributed by atoms with van der Waals surface area (Å²) in [4.78, 5) is 41.0. The molecule has 38 heavy (non-hydrogen) atoms. The number of fused-ring (bicyclic) bond motifs is 2. The Bertz CT molecular complexity index is 1150. The molecule has 2 aromatic rings. The van der Waals surface area contributed by atoms with Crippen LogP contribution in [0.1, 0.15) is 95.1 Å². The quantitative estimate of drug-likeness (QED) is 0.524. The monoisotopic (exact) mass is 524 g/mol. The van der Waals surface area contributed by atoms with Crippen molar-refractivity contribution in [2.75, 3.05) is 25.0 Å². The second kappa shape index (κ2) is 12.9. The molecule has 1 N–H and O–H groups in total. The van der Waals surface area contributed by atoms with Crippen molar-refractivity contribution in [3.8, 4) is 0 Å².